The van der Waals surface area contributed by atoms with Crippen LogP contribution in [-0.2, 0) is 0 Å². The van der Waals surface area contributed by atoms with E-state index < -0.39 is 5.91 Å². The van der Waals surface area contributed by atoms with Crippen molar-refractivity contribution in [3.8, 4) is 0 Å². The molecule has 0 radical (unpaired) electrons. The van der Waals surface area contributed by atoms with Gasteiger partial charge in [-0.2, -0.15) is 0 Å². The third kappa shape index (κ3) is 0.833. The van der Waals surface area contributed by atoms with Gasteiger partial charge in [0, 0.05) is 18.6 Å². The largest absolute Gasteiger partial charge is 0.365 e. The average Bonchev–Trinajstić information content (AvgIpc) is 2.49. The van der Waals surface area contributed by atoms with E-state index in [0.717, 1.165) is 0 Å². The van der Waals surface area contributed by atoms with Crippen molar-refractivity contribution in [1.82, 2.24) is 14.4 Å². The number of carbonyl (C=O) groups is 1. The Kier molecular flexibility index (Phi) is 1.30. The fourth-order valence-electron chi connectivity index (χ4n) is 1.03. The summed E-state index contributed by atoms with van der Waals surface area (Å²) < 4.78 is 1.64. The average molecular weight is 162 g/mol. The number of nitrogens with zero attached hydrogens (tertiary/aromatic N) is 3. The van der Waals surface area contributed by atoms with Gasteiger partial charge in [0.05, 0.1) is 0 Å². The van der Waals surface area contributed by atoms with E-state index in [0.29, 0.717) is 11.2 Å². The molecule has 60 valence electrons. The Morgan fingerprint density at radius 1 is 1.58 bits per heavy atom. The van der Waals surface area contributed by atoms with Gasteiger partial charge in [-0.25, -0.2) is 9.97 Å². The van der Waals surface area contributed by atoms with Crippen molar-refractivity contribution in [2.45, 2.75) is 0 Å². The summed E-state index contributed by atoms with van der Waals surface area (Å²) in [5.41, 5.74) is 5.98. The van der Waals surface area contributed by atoms with Crippen LogP contribution in [0.5, 0.6) is 0 Å². The molecular formula is C7H6N4O. The quantitative estimate of drug-likeness (QED) is 0.632. The van der Waals surface area contributed by atoms with E-state index in [1.165, 1.54) is 6.20 Å². The van der Waals surface area contributed by atoms with Crippen LogP contribution in [0.1, 0.15) is 10.4 Å². The molecule has 2 aromatic heterocycles. The lowest BCUT2D eigenvalue weighted by Crippen LogP contribution is -2.13. The van der Waals surface area contributed by atoms with Crippen molar-refractivity contribution in [2.24, 2.45) is 5.73 Å². The van der Waals surface area contributed by atoms with Crippen molar-refractivity contribution in [3.63, 3.8) is 0 Å². The Hall–Kier alpha value is -1.91. The second kappa shape index (κ2) is 2.30. The van der Waals surface area contributed by atoms with E-state index in [-0.39, 0.29) is 0 Å². The van der Waals surface area contributed by atoms with E-state index in [1.54, 1.807) is 23.1 Å². The van der Waals surface area contributed by atoms with E-state index in [1.807, 2.05) is 0 Å². The first kappa shape index (κ1) is 6.78. The molecule has 2 rings (SSSR count). The zero-order valence-corrected chi connectivity index (χ0v) is 6.14. The highest BCUT2D eigenvalue weighted by Crippen LogP contribution is 2.04. The van der Waals surface area contributed by atoms with Crippen molar-refractivity contribution >= 4 is 11.6 Å². The predicted octanol–water partition coefficient (Wildman–Crippen LogP) is -0.172. The third-order valence-corrected chi connectivity index (χ3v) is 1.57. The summed E-state index contributed by atoms with van der Waals surface area (Å²) in [6.07, 6.45) is 6.26. The molecule has 0 saturated heterocycles. The molecular weight excluding hydrogens is 156 g/mol. The molecule has 0 aliphatic heterocycles. The summed E-state index contributed by atoms with van der Waals surface area (Å²) in [6, 6.07) is 0. The second-order valence-electron chi connectivity index (χ2n) is 2.33. The maximum absolute atomic E-state index is 10.8. The Balaban J connectivity index is 2.82. The fraction of sp³-hybridized carbons (Fsp3) is 0. The molecule has 5 heteroatoms. The van der Waals surface area contributed by atoms with E-state index in [2.05, 4.69) is 9.97 Å². The number of carbonyl (C=O) groups excluding carboxylic acids is 1. The lowest BCUT2D eigenvalue weighted by Gasteiger charge is -1.96. The minimum atomic E-state index is -0.515. The van der Waals surface area contributed by atoms with E-state index in [4.69, 9.17) is 5.73 Å². The van der Waals surface area contributed by atoms with Gasteiger partial charge in [0.15, 0.2) is 5.65 Å². The molecule has 0 aromatic carbocycles. The van der Waals surface area contributed by atoms with Crippen LogP contribution in [0.3, 0.4) is 0 Å². The van der Waals surface area contributed by atoms with Crippen molar-refractivity contribution in [2.75, 3.05) is 0 Å². The Labute approximate surface area is 67.9 Å². The zero-order chi connectivity index (χ0) is 8.55. The van der Waals surface area contributed by atoms with Crippen LogP contribution in [0.4, 0.5) is 0 Å². The molecule has 2 aromatic rings. The highest BCUT2D eigenvalue weighted by molar-refractivity contribution is 5.98. The van der Waals surface area contributed by atoms with Crippen LogP contribution in [0.15, 0.2) is 24.9 Å². The Morgan fingerprint density at radius 3 is 3.17 bits per heavy atom. The Morgan fingerprint density at radius 2 is 2.42 bits per heavy atom. The summed E-state index contributed by atoms with van der Waals surface area (Å²) in [5.74, 6) is -0.515. The topological polar surface area (TPSA) is 73.3 Å². The Bertz CT molecular complexity index is 434. The molecule has 1 amide bonds. The van der Waals surface area contributed by atoms with Crippen molar-refractivity contribution in [3.05, 3.63) is 30.5 Å². The van der Waals surface area contributed by atoms with Gasteiger partial charge in [0.25, 0.3) is 5.91 Å². The maximum atomic E-state index is 10.8. The first-order valence-corrected chi connectivity index (χ1v) is 3.35. The number of imidazole rings is 1. The van der Waals surface area contributed by atoms with Gasteiger partial charge in [-0.05, 0) is 0 Å². The van der Waals surface area contributed by atoms with Crippen molar-refractivity contribution in [1.29, 1.82) is 0 Å². The van der Waals surface area contributed by atoms with Crippen LogP contribution in [-0.4, -0.2) is 20.3 Å². The molecule has 0 aliphatic rings. The number of rotatable bonds is 1. The van der Waals surface area contributed by atoms with Crippen LogP contribution < -0.4 is 5.73 Å². The minimum Gasteiger partial charge on any atom is -0.365 e. The first-order valence-electron chi connectivity index (χ1n) is 3.35. The lowest BCUT2D eigenvalue weighted by molar-refractivity contribution is 0.100. The van der Waals surface area contributed by atoms with Gasteiger partial charge in [0.2, 0.25) is 0 Å². The van der Waals surface area contributed by atoms with Gasteiger partial charge in [-0.15, -0.1) is 0 Å². The molecule has 0 fully saturated rings. The molecule has 0 spiro atoms. The number of hydrogen-bond donors (Lipinski definition) is 1. The summed E-state index contributed by atoms with van der Waals surface area (Å²) in [6.45, 7) is 0. The number of fused-ring (bicyclic) bond motifs is 1. The van der Waals surface area contributed by atoms with Gasteiger partial charge in [-0.1, -0.05) is 0 Å². The summed E-state index contributed by atoms with van der Waals surface area (Å²) in [7, 11) is 0. The molecule has 0 aliphatic carbocycles. The standard InChI is InChI=1S/C7H6N4O/c8-6(12)5-3-9-4-11-2-1-10-7(5)11/h1-4H,(H2,8,12). The minimum absolute atomic E-state index is 0.336. The molecule has 0 atom stereocenters. The number of amides is 1. The predicted molar refractivity (Wildman–Crippen MR) is 41.5 cm³/mol. The molecule has 0 unspecified atom stereocenters. The SMILES string of the molecule is NC(=O)c1cncn2ccnc12. The van der Waals surface area contributed by atoms with Crippen molar-refractivity contribution < 1.29 is 4.79 Å². The molecule has 0 bridgehead atoms. The molecule has 0 saturated carbocycles. The highest BCUT2D eigenvalue weighted by Gasteiger charge is 2.06. The molecule has 5 nitrogen and oxygen atoms in total. The summed E-state index contributed by atoms with van der Waals surface area (Å²) in [4.78, 5) is 18.6. The van der Waals surface area contributed by atoms with Crippen LogP contribution in [0, 0.1) is 0 Å². The molecule has 12 heavy (non-hydrogen) atoms. The van der Waals surface area contributed by atoms with Crippen LogP contribution in [0.2, 0.25) is 0 Å². The number of primary amides is 1. The van der Waals surface area contributed by atoms with Crippen LogP contribution >= 0.6 is 0 Å². The number of aromatic nitrogens is 3. The zero-order valence-electron chi connectivity index (χ0n) is 6.14. The van der Waals surface area contributed by atoms with Gasteiger partial charge >= 0.3 is 0 Å². The van der Waals surface area contributed by atoms with Gasteiger partial charge < -0.3 is 5.73 Å². The molecule has 2 heterocycles. The first-order chi connectivity index (χ1) is 5.79. The molecule has 2 N–H and O–H groups in total. The normalized spacial score (nSPS) is 10.3. The van der Waals surface area contributed by atoms with Crippen LogP contribution in [0.25, 0.3) is 5.65 Å². The third-order valence-electron chi connectivity index (χ3n) is 1.57. The lowest BCUT2D eigenvalue weighted by atomic mass is 10.3. The van der Waals surface area contributed by atoms with E-state index in [9.17, 15) is 4.79 Å². The summed E-state index contributed by atoms with van der Waals surface area (Å²) in [5, 5.41) is 0. The number of nitrogens with two attached hydrogens (primary N) is 1. The maximum Gasteiger partial charge on any atom is 0.254 e. The highest BCUT2D eigenvalue weighted by atomic mass is 16.1. The fourth-order valence-corrected chi connectivity index (χ4v) is 1.03. The number of hydrogen-bond acceptors (Lipinski definition) is 3. The monoisotopic (exact) mass is 162 g/mol. The van der Waals surface area contributed by atoms with Gasteiger partial charge in [-0.3, -0.25) is 9.20 Å². The summed E-state index contributed by atoms with van der Waals surface area (Å²) >= 11 is 0. The second-order valence-corrected chi connectivity index (χ2v) is 2.33. The van der Waals surface area contributed by atoms with E-state index >= 15 is 0 Å². The van der Waals surface area contributed by atoms with Gasteiger partial charge in [0.1, 0.15) is 11.9 Å². The smallest absolute Gasteiger partial charge is 0.254 e.